The van der Waals surface area contributed by atoms with Crippen molar-refractivity contribution in [1.82, 2.24) is 15.1 Å². The van der Waals surface area contributed by atoms with Crippen LogP contribution in [0.3, 0.4) is 0 Å². The molecule has 0 spiro atoms. The van der Waals surface area contributed by atoms with E-state index in [4.69, 9.17) is 0 Å². The van der Waals surface area contributed by atoms with Crippen molar-refractivity contribution in [3.05, 3.63) is 17.5 Å². The fraction of sp³-hybridized carbons (Fsp3) is 0.727. The lowest BCUT2D eigenvalue weighted by molar-refractivity contribution is 0.509. The van der Waals surface area contributed by atoms with E-state index in [0.29, 0.717) is 12.1 Å². The highest BCUT2D eigenvalue weighted by Gasteiger charge is 2.13. The zero-order chi connectivity index (χ0) is 11.4. The number of rotatable bonds is 5. The second-order valence-corrected chi connectivity index (χ2v) is 4.96. The summed E-state index contributed by atoms with van der Waals surface area (Å²) in [7, 11) is 1.98. The van der Waals surface area contributed by atoms with Gasteiger partial charge in [0, 0.05) is 36.1 Å². The maximum atomic E-state index is 4.26. The van der Waals surface area contributed by atoms with Crippen LogP contribution in [0.25, 0.3) is 0 Å². The van der Waals surface area contributed by atoms with Crippen LogP contribution in [0.5, 0.6) is 0 Å². The van der Waals surface area contributed by atoms with Gasteiger partial charge >= 0.3 is 0 Å². The van der Waals surface area contributed by atoms with Crippen LogP contribution >= 0.6 is 11.8 Å². The third-order valence-corrected chi connectivity index (χ3v) is 3.52. The van der Waals surface area contributed by atoms with Gasteiger partial charge in [0.2, 0.25) is 0 Å². The molecule has 15 heavy (non-hydrogen) atoms. The van der Waals surface area contributed by atoms with Gasteiger partial charge in [0.1, 0.15) is 0 Å². The molecule has 0 aliphatic carbocycles. The summed E-state index contributed by atoms with van der Waals surface area (Å²) in [4.78, 5) is 0. The van der Waals surface area contributed by atoms with Gasteiger partial charge in [-0.1, -0.05) is 0 Å². The summed E-state index contributed by atoms with van der Waals surface area (Å²) in [6.45, 7) is 6.53. The Morgan fingerprint density at radius 2 is 2.20 bits per heavy atom. The average molecular weight is 227 g/mol. The Balaban J connectivity index is 2.60. The highest BCUT2D eigenvalue weighted by molar-refractivity contribution is 7.98. The Morgan fingerprint density at radius 1 is 1.53 bits per heavy atom. The lowest BCUT2D eigenvalue weighted by atomic mass is 10.1. The first kappa shape index (κ1) is 12.6. The average Bonchev–Trinajstić information content (AvgIpc) is 2.48. The van der Waals surface area contributed by atoms with Gasteiger partial charge in [-0.25, -0.2) is 0 Å². The highest BCUT2D eigenvalue weighted by Crippen LogP contribution is 2.16. The topological polar surface area (TPSA) is 29.9 Å². The molecule has 1 N–H and O–H groups in total. The Hall–Kier alpha value is -0.480. The van der Waals surface area contributed by atoms with Crippen molar-refractivity contribution in [2.24, 2.45) is 7.05 Å². The molecule has 0 saturated carbocycles. The second kappa shape index (κ2) is 5.56. The summed E-state index contributed by atoms with van der Waals surface area (Å²) in [6.07, 6.45) is 4.09. The maximum absolute atomic E-state index is 4.26. The van der Waals surface area contributed by atoms with E-state index in [9.17, 15) is 0 Å². The molecule has 0 aliphatic heterocycles. The monoisotopic (exact) mass is 227 g/mol. The van der Waals surface area contributed by atoms with Crippen molar-refractivity contribution in [3.8, 4) is 0 Å². The van der Waals surface area contributed by atoms with Crippen molar-refractivity contribution in [3.63, 3.8) is 0 Å². The first-order valence-electron chi connectivity index (χ1n) is 5.29. The van der Waals surface area contributed by atoms with Crippen LogP contribution in [0.2, 0.25) is 0 Å². The summed E-state index contributed by atoms with van der Waals surface area (Å²) in [5.41, 5.74) is 2.54. The minimum absolute atomic E-state index is 0.376. The van der Waals surface area contributed by atoms with Crippen LogP contribution in [0, 0.1) is 6.92 Å². The van der Waals surface area contributed by atoms with E-state index in [1.54, 1.807) is 0 Å². The summed E-state index contributed by atoms with van der Waals surface area (Å²) in [5, 5.41) is 7.84. The molecule has 1 aromatic heterocycles. The molecule has 86 valence electrons. The molecular formula is C11H21N3S. The molecule has 1 heterocycles. The molecule has 0 aliphatic rings. The zero-order valence-electron chi connectivity index (χ0n) is 10.2. The number of aromatic nitrogens is 2. The molecule has 1 rings (SSSR count). The van der Waals surface area contributed by atoms with Crippen molar-refractivity contribution in [2.75, 3.05) is 12.0 Å². The standard InChI is InChI=1S/C11H21N3S/c1-8(7-15-5)13-9(2)11-6-12-14(4)10(11)3/h6,8-9,13H,7H2,1-5H3. The fourth-order valence-corrected chi connectivity index (χ4v) is 2.35. The quantitative estimate of drug-likeness (QED) is 0.836. The third-order valence-electron chi connectivity index (χ3n) is 2.69. The van der Waals surface area contributed by atoms with E-state index in [-0.39, 0.29) is 0 Å². The minimum Gasteiger partial charge on any atom is -0.307 e. The molecular weight excluding hydrogens is 206 g/mol. The maximum Gasteiger partial charge on any atom is 0.0540 e. The molecule has 0 amide bonds. The summed E-state index contributed by atoms with van der Waals surface area (Å²) >= 11 is 1.87. The Kier molecular flexibility index (Phi) is 4.67. The van der Waals surface area contributed by atoms with Crippen LogP contribution in [0.15, 0.2) is 6.20 Å². The van der Waals surface area contributed by atoms with Gasteiger partial charge in [0.05, 0.1) is 6.20 Å². The minimum atomic E-state index is 0.376. The van der Waals surface area contributed by atoms with Gasteiger partial charge in [-0.2, -0.15) is 16.9 Å². The van der Waals surface area contributed by atoms with E-state index >= 15 is 0 Å². The van der Waals surface area contributed by atoms with E-state index in [2.05, 4.69) is 37.4 Å². The number of nitrogens with zero attached hydrogens (tertiary/aromatic N) is 2. The number of hydrogen-bond acceptors (Lipinski definition) is 3. The Labute approximate surface area is 96.6 Å². The van der Waals surface area contributed by atoms with E-state index < -0.39 is 0 Å². The molecule has 3 nitrogen and oxygen atoms in total. The lowest BCUT2D eigenvalue weighted by Gasteiger charge is -2.19. The predicted molar refractivity (Wildman–Crippen MR) is 67.3 cm³/mol. The first-order valence-corrected chi connectivity index (χ1v) is 6.69. The Morgan fingerprint density at radius 3 is 2.67 bits per heavy atom. The van der Waals surface area contributed by atoms with E-state index in [1.807, 2.05) is 29.7 Å². The third kappa shape index (κ3) is 3.24. The van der Waals surface area contributed by atoms with Crippen molar-refractivity contribution in [1.29, 1.82) is 0 Å². The van der Waals surface area contributed by atoms with Crippen molar-refractivity contribution < 1.29 is 0 Å². The number of hydrogen-bond donors (Lipinski definition) is 1. The largest absolute Gasteiger partial charge is 0.307 e. The van der Waals surface area contributed by atoms with Crippen LogP contribution in [-0.4, -0.2) is 27.8 Å². The van der Waals surface area contributed by atoms with Gasteiger partial charge in [0.15, 0.2) is 0 Å². The van der Waals surface area contributed by atoms with E-state index in [0.717, 1.165) is 5.75 Å². The van der Waals surface area contributed by atoms with Gasteiger partial charge in [-0.05, 0) is 27.0 Å². The normalized spacial score (nSPS) is 15.3. The van der Waals surface area contributed by atoms with Crippen LogP contribution < -0.4 is 5.32 Å². The molecule has 4 heteroatoms. The van der Waals surface area contributed by atoms with Gasteiger partial charge in [-0.15, -0.1) is 0 Å². The molecule has 0 aromatic carbocycles. The van der Waals surface area contributed by atoms with Gasteiger partial charge in [-0.3, -0.25) is 4.68 Å². The van der Waals surface area contributed by atoms with Crippen LogP contribution in [0.1, 0.15) is 31.1 Å². The molecule has 2 atom stereocenters. The summed E-state index contributed by atoms with van der Waals surface area (Å²) in [5.74, 6) is 1.14. The van der Waals surface area contributed by atoms with Crippen LogP contribution in [0.4, 0.5) is 0 Å². The van der Waals surface area contributed by atoms with Gasteiger partial charge in [0.25, 0.3) is 0 Å². The predicted octanol–water partition coefficient (Wildman–Crippen LogP) is 2.13. The zero-order valence-corrected chi connectivity index (χ0v) is 11.1. The summed E-state index contributed by atoms with van der Waals surface area (Å²) in [6, 6.07) is 0.912. The smallest absolute Gasteiger partial charge is 0.0540 e. The Bertz CT molecular complexity index is 309. The second-order valence-electron chi connectivity index (χ2n) is 4.05. The highest BCUT2D eigenvalue weighted by atomic mass is 32.2. The first-order chi connectivity index (χ1) is 7.06. The van der Waals surface area contributed by atoms with Crippen LogP contribution in [-0.2, 0) is 7.05 Å². The molecule has 0 bridgehead atoms. The molecule has 0 saturated heterocycles. The number of thioether (sulfide) groups is 1. The van der Waals surface area contributed by atoms with Crippen molar-refractivity contribution >= 4 is 11.8 Å². The molecule has 0 fully saturated rings. The SMILES string of the molecule is CSCC(C)NC(C)c1cnn(C)c1C. The number of nitrogens with one attached hydrogen (secondary N) is 1. The summed E-state index contributed by atoms with van der Waals surface area (Å²) < 4.78 is 1.92. The van der Waals surface area contributed by atoms with E-state index in [1.165, 1.54) is 11.3 Å². The lowest BCUT2D eigenvalue weighted by Crippen LogP contribution is -2.31. The van der Waals surface area contributed by atoms with Gasteiger partial charge < -0.3 is 5.32 Å². The number of aryl methyl sites for hydroxylation is 1. The fourth-order valence-electron chi connectivity index (χ4n) is 1.76. The molecule has 1 aromatic rings. The van der Waals surface area contributed by atoms with Crippen molar-refractivity contribution in [2.45, 2.75) is 32.9 Å². The molecule has 0 radical (unpaired) electrons. The molecule has 2 unspecified atom stereocenters.